The molecular formula is C16H16INO3. The minimum atomic E-state index is -0.194. The molecule has 0 radical (unpaired) electrons. The molecule has 2 rings (SSSR count). The first-order valence-electron chi connectivity index (χ1n) is 6.68. The quantitative estimate of drug-likeness (QED) is 0.597. The summed E-state index contributed by atoms with van der Waals surface area (Å²) in [5.41, 5.74) is 0.641. The highest BCUT2D eigenvalue weighted by atomic mass is 127. The Bertz CT molecular complexity index is 605. The van der Waals surface area contributed by atoms with Crippen LogP contribution in [-0.2, 0) is 4.79 Å². The molecule has 0 aliphatic carbocycles. The van der Waals surface area contributed by atoms with E-state index in [0.717, 1.165) is 3.57 Å². The summed E-state index contributed by atoms with van der Waals surface area (Å²) in [6, 6.07) is 10.7. The normalized spacial score (nSPS) is 11.9. The fourth-order valence-corrected chi connectivity index (χ4v) is 2.29. The van der Waals surface area contributed by atoms with Gasteiger partial charge in [-0.15, -0.1) is 0 Å². The third kappa shape index (κ3) is 4.70. The van der Waals surface area contributed by atoms with Crippen LogP contribution in [0.3, 0.4) is 0 Å². The van der Waals surface area contributed by atoms with Crippen LogP contribution in [0, 0.1) is 3.57 Å². The van der Waals surface area contributed by atoms with Gasteiger partial charge in [-0.25, -0.2) is 0 Å². The second kappa shape index (κ2) is 7.40. The second-order valence-electron chi connectivity index (χ2n) is 4.73. The van der Waals surface area contributed by atoms with Crippen LogP contribution in [0.25, 0.3) is 0 Å². The number of amides is 1. The van der Waals surface area contributed by atoms with Crippen molar-refractivity contribution >= 4 is 34.3 Å². The van der Waals surface area contributed by atoms with Crippen LogP contribution in [0.4, 0.5) is 0 Å². The lowest BCUT2D eigenvalue weighted by Crippen LogP contribution is -2.26. The first-order chi connectivity index (χ1) is 10.1. The van der Waals surface area contributed by atoms with Crippen molar-refractivity contribution in [1.29, 1.82) is 0 Å². The van der Waals surface area contributed by atoms with Crippen LogP contribution in [-0.4, -0.2) is 11.7 Å². The largest absolute Gasteiger partial charge is 0.467 e. The van der Waals surface area contributed by atoms with Gasteiger partial charge in [0.1, 0.15) is 5.76 Å². The lowest BCUT2D eigenvalue weighted by atomic mass is 10.1. The van der Waals surface area contributed by atoms with Gasteiger partial charge in [-0.3, -0.25) is 9.59 Å². The van der Waals surface area contributed by atoms with Crippen molar-refractivity contribution < 1.29 is 14.0 Å². The van der Waals surface area contributed by atoms with Crippen molar-refractivity contribution in [2.24, 2.45) is 0 Å². The van der Waals surface area contributed by atoms with E-state index in [4.69, 9.17) is 4.42 Å². The van der Waals surface area contributed by atoms with E-state index in [9.17, 15) is 9.59 Å². The van der Waals surface area contributed by atoms with Crippen molar-refractivity contribution in [2.45, 2.75) is 25.8 Å². The lowest BCUT2D eigenvalue weighted by molar-refractivity contribution is -0.121. The number of halogens is 1. The van der Waals surface area contributed by atoms with Crippen molar-refractivity contribution in [3.63, 3.8) is 0 Å². The molecule has 0 aliphatic heterocycles. The highest BCUT2D eigenvalue weighted by Gasteiger charge is 2.13. The summed E-state index contributed by atoms with van der Waals surface area (Å²) in [4.78, 5) is 23.8. The molecule has 110 valence electrons. The Morgan fingerprint density at radius 1 is 1.19 bits per heavy atom. The number of hydrogen-bond donors (Lipinski definition) is 1. The maximum atomic E-state index is 12.0. The molecule has 0 saturated heterocycles. The third-order valence-electron chi connectivity index (χ3n) is 3.09. The van der Waals surface area contributed by atoms with Gasteiger partial charge in [0, 0.05) is 22.0 Å². The van der Waals surface area contributed by atoms with Gasteiger partial charge < -0.3 is 9.73 Å². The standard InChI is InChI=1S/C16H16INO3/c1-11(15-3-2-10-21-15)18-16(20)9-8-14(19)12-4-6-13(17)7-5-12/h2-7,10-11H,8-9H2,1H3,(H,18,20)/t11-/m1/s1. The van der Waals surface area contributed by atoms with Crippen molar-refractivity contribution in [3.8, 4) is 0 Å². The number of carbonyl (C=O) groups is 2. The van der Waals surface area contributed by atoms with E-state index >= 15 is 0 Å². The molecule has 1 aromatic carbocycles. The summed E-state index contributed by atoms with van der Waals surface area (Å²) >= 11 is 2.19. The van der Waals surface area contributed by atoms with Crippen LogP contribution in [0.1, 0.15) is 41.9 Å². The van der Waals surface area contributed by atoms with Gasteiger partial charge in [0.25, 0.3) is 0 Å². The maximum Gasteiger partial charge on any atom is 0.221 e. The molecule has 5 heteroatoms. The van der Waals surface area contributed by atoms with Gasteiger partial charge in [0.2, 0.25) is 5.91 Å². The number of rotatable bonds is 6. The van der Waals surface area contributed by atoms with Crippen LogP contribution in [0.15, 0.2) is 47.1 Å². The number of carbonyl (C=O) groups excluding carboxylic acids is 2. The molecule has 0 bridgehead atoms. The highest BCUT2D eigenvalue weighted by molar-refractivity contribution is 14.1. The Morgan fingerprint density at radius 3 is 2.52 bits per heavy atom. The van der Waals surface area contributed by atoms with Gasteiger partial charge in [0.05, 0.1) is 12.3 Å². The fraction of sp³-hybridized carbons (Fsp3) is 0.250. The highest BCUT2D eigenvalue weighted by Crippen LogP contribution is 2.13. The van der Waals surface area contributed by atoms with Crippen LogP contribution in [0.5, 0.6) is 0 Å². The van der Waals surface area contributed by atoms with Crippen LogP contribution < -0.4 is 5.32 Å². The molecule has 1 N–H and O–H groups in total. The Labute approximate surface area is 137 Å². The molecule has 2 aromatic rings. The minimum absolute atomic E-state index is 0.0211. The van der Waals surface area contributed by atoms with Crippen LogP contribution >= 0.6 is 22.6 Å². The topological polar surface area (TPSA) is 59.3 Å². The number of benzene rings is 1. The average molecular weight is 397 g/mol. The summed E-state index contributed by atoms with van der Waals surface area (Å²) in [5, 5.41) is 2.81. The molecule has 21 heavy (non-hydrogen) atoms. The zero-order chi connectivity index (χ0) is 15.2. The number of hydrogen-bond acceptors (Lipinski definition) is 3. The van der Waals surface area contributed by atoms with Crippen molar-refractivity contribution in [2.75, 3.05) is 0 Å². The first kappa shape index (κ1) is 15.8. The van der Waals surface area contributed by atoms with E-state index < -0.39 is 0 Å². The van der Waals surface area contributed by atoms with Gasteiger partial charge in [-0.1, -0.05) is 12.1 Å². The summed E-state index contributed by atoms with van der Waals surface area (Å²) in [6.45, 7) is 1.84. The summed E-state index contributed by atoms with van der Waals surface area (Å²) < 4.78 is 6.30. The molecule has 4 nitrogen and oxygen atoms in total. The molecule has 0 spiro atoms. The molecule has 1 atom stereocenters. The first-order valence-corrected chi connectivity index (χ1v) is 7.75. The number of nitrogens with one attached hydrogen (secondary N) is 1. The molecular weight excluding hydrogens is 381 g/mol. The third-order valence-corrected chi connectivity index (χ3v) is 3.81. The van der Waals surface area contributed by atoms with Crippen molar-refractivity contribution in [3.05, 3.63) is 57.6 Å². The van der Waals surface area contributed by atoms with E-state index in [0.29, 0.717) is 11.3 Å². The summed E-state index contributed by atoms with van der Waals surface area (Å²) in [6.07, 6.45) is 1.95. The summed E-state index contributed by atoms with van der Waals surface area (Å²) in [5.74, 6) is 0.525. The zero-order valence-corrected chi connectivity index (χ0v) is 13.8. The predicted molar refractivity (Wildman–Crippen MR) is 88.0 cm³/mol. The van der Waals surface area contributed by atoms with E-state index in [2.05, 4.69) is 27.9 Å². The van der Waals surface area contributed by atoms with E-state index in [1.807, 2.05) is 25.1 Å². The number of Topliss-reactive ketones (excluding diaryl/α,β-unsaturated/α-hetero) is 1. The molecule has 0 saturated carbocycles. The Morgan fingerprint density at radius 2 is 1.90 bits per heavy atom. The molecule has 0 fully saturated rings. The number of furan rings is 1. The molecule has 0 aliphatic rings. The lowest BCUT2D eigenvalue weighted by Gasteiger charge is -2.11. The molecule has 1 aromatic heterocycles. The fourth-order valence-electron chi connectivity index (χ4n) is 1.93. The Hall–Kier alpha value is -1.63. The molecule has 0 unspecified atom stereocenters. The number of ketones is 1. The summed E-state index contributed by atoms with van der Waals surface area (Å²) in [7, 11) is 0. The van der Waals surface area contributed by atoms with E-state index in [1.165, 1.54) is 0 Å². The van der Waals surface area contributed by atoms with Crippen LogP contribution in [0.2, 0.25) is 0 Å². The zero-order valence-electron chi connectivity index (χ0n) is 11.6. The van der Waals surface area contributed by atoms with Gasteiger partial charge in [0.15, 0.2) is 5.78 Å². The molecule has 1 heterocycles. The van der Waals surface area contributed by atoms with Crippen molar-refractivity contribution in [1.82, 2.24) is 5.32 Å². The van der Waals surface area contributed by atoms with E-state index in [-0.39, 0.29) is 30.6 Å². The monoisotopic (exact) mass is 397 g/mol. The SMILES string of the molecule is C[C@@H](NC(=O)CCC(=O)c1ccc(I)cc1)c1ccco1. The Balaban J connectivity index is 1.81. The van der Waals surface area contributed by atoms with Gasteiger partial charge in [-0.2, -0.15) is 0 Å². The average Bonchev–Trinajstić information content (AvgIpc) is 3.00. The van der Waals surface area contributed by atoms with Gasteiger partial charge in [-0.05, 0) is 53.8 Å². The Kier molecular flexibility index (Phi) is 5.55. The van der Waals surface area contributed by atoms with E-state index in [1.54, 1.807) is 24.5 Å². The smallest absolute Gasteiger partial charge is 0.221 e. The maximum absolute atomic E-state index is 12.0. The predicted octanol–water partition coefficient (Wildman–Crippen LogP) is 3.72. The minimum Gasteiger partial charge on any atom is -0.467 e. The molecule has 1 amide bonds. The van der Waals surface area contributed by atoms with Gasteiger partial charge >= 0.3 is 0 Å². The second-order valence-corrected chi connectivity index (χ2v) is 5.98.